The maximum absolute atomic E-state index is 4.54. The fourth-order valence-electron chi connectivity index (χ4n) is 2.00. The number of hydrogen-bond donors (Lipinski definition) is 1. The summed E-state index contributed by atoms with van der Waals surface area (Å²) in [6, 6.07) is 1.92. The zero-order chi connectivity index (χ0) is 12.5. The van der Waals surface area contributed by atoms with Gasteiger partial charge in [0.2, 0.25) is 5.95 Å². The Morgan fingerprint density at radius 1 is 1.44 bits per heavy atom. The van der Waals surface area contributed by atoms with E-state index in [-0.39, 0.29) is 0 Å². The largest absolute Gasteiger partial charge is 0.354 e. The Hall–Kier alpha value is -1.91. The van der Waals surface area contributed by atoms with Gasteiger partial charge in [-0.1, -0.05) is 0 Å². The molecule has 0 atom stereocenters. The molecule has 2 aromatic heterocycles. The molecule has 0 bridgehead atoms. The molecule has 1 fully saturated rings. The third-order valence-electron chi connectivity index (χ3n) is 3.19. The molecule has 5 heteroatoms. The minimum absolute atomic E-state index is 0.711. The lowest BCUT2D eigenvalue weighted by molar-refractivity contribution is 0.756. The van der Waals surface area contributed by atoms with Crippen molar-refractivity contribution in [2.24, 2.45) is 13.0 Å². The standard InChI is InChI=1S/C13H17N5/c1-9-11(8-18(2)17-9)12-5-6-14-13(16-12)15-7-10-3-4-10/h5-6,8,10H,3-4,7H2,1-2H3,(H,14,15,16). The van der Waals surface area contributed by atoms with Crippen molar-refractivity contribution >= 4 is 5.95 Å². The summed E-state index contributed by atoms with van der Waals surface area (Å²) in [5.74, 6) is 1.53. The predicted molar refractivity (Wildman–Crippen MR) is 70.2 cm³/mol. The van der Waals surface area contributed by atoms with E-state index < -0.39 is 0 Å². The zero-order valence-corrected chi connectivity index (χ0v) is 10.7. The van der Waals surface area contributed by atoms with Crippen LogP contribution in [0.5, 0.6) is 0 Å². The second kappa shape index (κ2) is 4.40. The average molecular weight is 243 g/mol. The number of rotatable bonds is 4. The molecule has 0 amide bonds. The molecule has 1 aliphatic rings. The predicted octanol–water partition coefficient (Wildman–Crippen LogP) is 2.01. The Labute approximate surface area is 106 Å². The Morgan fingerprint density at radius 2 is 2.28 bits per heavy atom. The second-order valence-electron chi connectivity index (χ2n) is 4.89. The van der Waals surface area contributed by atoms with Gasteiger partial charge in [0.1, 0.15) is 0 Å². The van der Waals surface area contributed by atoms with E-state index >= 15 is 0 Å². The number of hydrogen-bond acceptors (Lipinski definition) is 4. The van der Waals surface area contributed by atoms with Gasteiger partial charge in [0.25, 0.3) is 0 Å². The van der Waals surface area contributed by atoms with Crippen molar-refractivity contribution in [3.8, 4) is 11.3 Å². The number of nitrogens with zero attached hydrogens (tertiary/aromatic N) is 4. The van der Waals surface area contributed by atoms with Gasteiger partial charge in [-0.2, -0.15) is 5.10 Å². The van der Waals surface area contributed by atoms with Crippen LogP contribution in [0.3, 0.4) is 0 Å². The van der Waals surface area contributed by atoms with Gasteiger partial charge in [0.15, 0.2) is 0 Å². The molecule has 5 nitrogen and oxygen atoms in total. The molecule has 0 saturated heterocycles. The fraction of sp³-hybridized carbons (Fsp3) is 0.462. The molecule has 1 aliphatic carbocycles. The molecular formula is C13H17N5. The summed E-state index contributed by atoms with van der Waals surface area (Å²) in [5.41, 5.74) is 2.98. The van der Waals surface area contributed by atoms with Crippen molar-refractivity contribution in [1.29, 1.82) is 0 Å². The van der Waals surface area contributed by atoms with E-state index in [1.165, 1.54) is 12.8 Å². The summed E-state index contributed by atoms with van der Waals surface area (Å²) >= 11 is 0. The van der Waals surface area contributed by atoms with Crippen molar-refractivity contribution in [3.05, 3.63) is 24.2 Å². The van der Waals surface area contributed by atoms with E-state index in [1.807, 2.05) is 30.9 Å². The van der Waals surface area contributed by atoms with Crippen molar-refractivity contribution in [1.82, 2.24) is 19.7 Å². The van der Waals surface area contributed by atoms with Crippen molar-refractivity contribution in [3.63, 3.8) is 0 Å². The smallest absolute Gasteiger partial charge is 0.223 e. The molecule has 94 valence electrons. The zero-order valence-electron chi connectivity index (χ0n) is 10.7. The lowest BCUT2D eigenvalue weighted by atomic mass is 10.2. The fourth-order valence-corrected chi connectivity index (χ4v) is 2.00. The molecule has 0 unspecified atom stereocenters. The highest BCUT2D eigenvalue weighted by Gasteiger charge is 2.21. The molecule has 0 aliphatic heterocycles. The molecule has 0 radical (unpaired) electrons. The molecule has 2 aromatic rings. The van der Waals surface area contributed by atoms with Crippen molar-refractivity contribution in [2.45, 2.75) is 19.8 Å². The minimum atomic E-state index is 0.711. The van der Waals surface area contributed by atoms with Crippen molar-refractivity contribution in [2.75, 3.05) is 11.9 Å². The van der Waals surface area contributed by atoms with Gasteiger partial charge in [-0.3, -0.25) is 4.68 Å². The Kier molecular flexibility index (Phi) is 2.74. The lowest BCUT2D eigenvalue weighted by Gasteiger charge is -2.04. The molecule has 1 N–H and O–H groups in total. The Bertz CT molecular complexity index is 556. The third kappa shape index (κ3) is 2.34. The molecule has 18 heavy (non-hydrogen) atoms. The van der Waals surface area contributed by atoms with E-state index in [2.05, 4.69) is 20.4 Å². The maximum Gasteiger partial charge on any atom is 0.223 e. The van der Waals surface area contributed by atoms with Crippen LogP contribution in [0.15, 0.2) is 18.5 Å². The maximum atomic E-state index is 4.54. The van der Waals surface area contributed by atoms with E-state index in [1.54, 1.807) is 6.20 Å². The highest BCUT2D eigenvalue weighted by molar-refractivity contribution is 5.61. The van der Waals surface area contributed by atoms with Crippen LogP contribution in [-0.2, 0) is 7.05 Å². The SMILES string of the molecule is Cc1nn(C)cc1-c1ccnc(NCC2CC2)n1. The summed E-state index contributed by atoms with van der Waals surface area (Å²) < 4.78 is 1.81. The van der Waals surface area contributed by atoms with Crippen LogP contribution in [0.25, 0.3) is 11.3 Å². The second-order valence-corrected chi connectivity index (χ2v) is 4.89. The van der Waals surface area contributed by atoms with Crippen LogP contribution in [0.2, 0.25) is 0 Å². The lowest BCUT2D eigenvalue weighted by Crippen LogP contribution is -2.06. The van der Waals surface area contributed by atoms with E-state index in [0.717, 1.165) is 29.4 Å². The Morgan fingerprint density at radius 3 is 2.94 bits per heavy atom. The summed E-state index contributed by atoms with van der Waals surface area (Å²) in [6.07, 6.45) is 6.44. The van der Waals surface area contributed by atoms with E-state index in [9.17, 15) is 0 Å². The van der Waals surface area contributed by atoms with Crippen LogP contribution in [0.4, 0.5) is 5.95 Å². The van der Waals surface area contributed by atoms with Crippen molar-refractivity contribution < 1.29 is 0 Å². The highest BCUT2D eigenvalue weighted by Crippen LogP contribution is 2.28. The summed E-state index contributed by atoms with van der Waals surface area (Å²) in [4.78, 5) is 8.79. The summed E-state index contributed by atoms with van der Waals surface area (Å²) in [7, 11) is 1.92. The van der Waals surface area contributed by atoms with Gasteiger partial charge in [-0.05, 0) is 31.7 Å². The average Bonchev–Trinajstić information content (AvgIpc) is 3.12. The molecule has 3 rings (SSSR count). The first kappa shape index (κ1) is 11.2. The third-order valence-corrected chi connectivity index (χ3v) is 3.19. The molecule has 0 spiro atoms. The van der Waals surface area contributed by atoms with Crippen LogP contribution in [0.1, 0.15) is 18.5 Å². The molecule has 0 aromatic carbocycles. The first-order valence-electron chi connectivity index (χ1n) is 6.30. The van der Waals surface area contributed by atoms with E-state index in [0.29, 0.717) is 5.95 Å². The van der Waals surface area contributed by atoms with Gasteiger partial charge >= 0.3 is 0 Å². The number of anilines is 1. The van der Waals surface area contributed by atoms with Gasteiger partial charge in [0.05, 0.1) is 11.4 Å². The molecular weight excluding hydrogens is 226 g/mol. The molecule has 2 heterocycles. The molecule has 1 saturated carbocycles. The van der Waals surface area contributed by atoms with Gasteiger partial charge < -0.3 is 5.32 Å². The topological polar surface area (TPSA) is 55.6 Å². The minimum Gasteiger partial charge on any atom is -0.354 e. The van der Waals surface area contributed by atoms with Gasteiger partial charge in [-0.25, -0.2) is 9.97 Å². The summed E-state index contributed by atoms with van der Waals surface area (Å²) in [6.45, 7) is 2.98. The van der Waals surface area contributed by atoms with Gasteiger partial charge in [-0.15, -0.1) is 0 Å². The number of nitrogens with one attached hydrogen (secondary N) is 1. The quantitative estimate of drug-likeness (QED) is 0.892. The van der Waals surface area contributed by atoms with Crippen LogP contribution < -0.4 is 5.32 Å². The summed E-state index contributed by atoms with van der Waals surface area (Å²) in [5, 5.41) is 7.63. The first-order valence-corrected chi connectivity index (χ1v) is 6.30. The normalized spacial score (nSPS) is 14.8. The van der Waals surface area contributed by atoms with Crippen LogP contribution >= 0.6 is 0 Å². The van der Waals surface area contributed by atoms with E-state index in [4.69, 9.17) is 0 Å². The van der Waals surface area contributed by atoms with Gasteiger partial charge in [0, 0.05) is 31.5 Å². The number of aromatic nitrogens is 4. The highest BCUT2D eigenvalue weighted by atomic mass is 15.3. The monoisotopic (exact) mass is 243 g/mol. The van der Waals surface area contributed by atoms with Crippen LogP contribution in [0, 0.1) is 12.8 Å². The first-order chi connectivity index (χ1) is 8.72. The Balaban J connectivity index is 1.82. The number of aryl methyl sites for hydroxylation is 2. The van der Waals surface area contributed by atoms with Crippen LogP contribution in [-0.4, -0.2) is 26.3 Å².